The predicted molar refractivity (Wildman–Crippen MR) is 101 cm³/mol. The van der Waals surface area contributed by atoms with Crippen LogP contribution in [0.25, 0.3) is 0 Å². The van der Waals surface area contributed by atoms with Crippen molar-refractivity contribution in [2.24, 2.45) is 0 Å². The summed E-state index contributed by atoms with van der Waals surface area (Å²) in [7, 11) is 0. The van der Waals surface area contributed by atoms with Crippen LogP contribution in [0.1, 0.15) is 91.4 Å². The normalized spacial score (nSPS) is 18.8. The molecule has 1 rings (SSSR count). The molecule has 138 valence electrons. The molecular formula is C20H42N2O. The lowest BCUT2D eigenvalue weighted by Crippen LogP contribution is -2.65. The fraction of sp³-hybridized carbons (Fsp3) is 1.00. The summed E-state index contributed by atoms with van der Waals surface area (Å²) in [6.07, 6.45) is 15.1. The SMILES string of the molecule is CCCCCCCC(C)(CCCCCC)N1CC(NCCO)C1. The molecule has 1 heterocycles. The van der Waals surface area contributed by atoms with Gasteiger partial charge in [-0.15, -0.1) is 0 Å². The molecule has 0 aromatic heterocycles. The Bertz CT molecular complexity index is 279. The first-order chi connectivity index (χ1) is 11.2. The Morgan fingerprint density at radius 3 is 1.96 bits per heavy atom. The third-order valence-corrected chi connectivity index (χ3v) is 5.58. The minimum absolute atomic E-state index is 0.252. The van der Waals surface area contributed by atoms with Crippen molar-refractivity contribution in [3.8, 4) is 0 Å². The molecule has 0 aromatic carbocycles. The zero-order valence-electron chi connectivity index (χ0n) is 16.1. The largest absolute Gasteiger partial charge is 0.395 e. The number of likely N-dealkylation sites (tertiary alicyclic amines) is 1. The smallest absolute Gasteiger partial charge is 0.0556 e. The van der Waals surface area contributed by atoms with Gasteiger partial charge in [0, 0.05) is 31.2 Å². The average molecular weight is 327 g/mol. The molecule has 3 heteroatoms. The minimum atomic E-state index is 0.252. The van der Waals surface area contributed by atoms with Crippen LogP contribution in [0.3, 0.4) is 0 Å². The van der Waals surface area contributed by atoms with Gasteiger partial charge in [-0.05, 0) is 19.8 Å². The number of nitrogens with one attached hydrogen (secondary N) is 1. The average Bonchev–Trinajstić information content (AvgIpc) is 2.50. The molecule has 1 aliphatic rings. The molecule has 0 spiro atoms. The van der Waals surface area contributed by atoms with Crippen LogP contribution in [0.2, 0.25) is 0 Å². The second-order valence-electron chi connectivity index (χ2n) is 7.75. The van der Waals surface area contributed by atoms with Crippen LogP contribution < -0.4 is 5.32 Å². The molecule has 0 saturated carbocycles. The Labute approximate surface area is 145 Å². The first-order valence-electron chi connectivity index (χ1n) is 10.3. The van der Waals surface area contributed by atoms with Crippen molar-refractivity contribution >= 4 is 0 Å². The molecule has 1 saturated heterocycles. The summed E-state index contributed by atoms with van der Waals surface area (Å²) in [6.45, 7) is 10.4. The van der Waals surface area contributed by atoms with Gasteiger partial charge in [0.1, 0.15) is 0 Å². The lowest BCUT2D eigenvalue weighted by molar-refractivity contribution is -0.00197. The Morgan fingerprint density at radius 2 is 1.43 bits per heavy atom. The fourth-order valence-corrected chi connectivity index (χ4v) is 3.80. The van der Waals surface area contributed by atoms with Crippen molar-refractivity contribution in [2.45, 2.75) is 103 Å². The van der Waals surface area contributed by atoms with Crippen molar-refractivity contribution in [3.05, 3.63) is 0 Å². The van der Waals surface area contributed by atoms with Gasteiger partial charge in [-0.2, -0.15) is 0 Å². The van der Waals surface area contributed by atoms with Crippen molar-refractivity contribution in [1.29, 1.82) is 0 Å². The van der Waals surface area contributed by atoms with E-state index in [0.717, 1.165) is 6.54 Å². The third kappa shape index (κ3) is 8.00. The summed E-state index contributed by atoms with van der Waals surface area (Å²) in [4.78, 5) is 2.70. The lowest BCUT2D eigenvalue weighted by Gasteiger charge is -2.51. The first kappa shape index (κ1) is 20.9. The summed E-state index contributed by atoms with van der Waals surface area (Å²) >= 11 is 0. The summed E-state index contributed by atoms with van der Waals surface area (Å²) in [5.74, 6) is 0. The molecule has 0 aromatic rings. The highest BCUT2D eigenvalue weighted by molar-refractivity contribution is 4.97. The van der Waals surface area contributed by atoms with Crippen molar-refractivity contribution in [2.75, 3.05) is 26.2 Å². The minimum Gasteiger partial charge on any atom is -0.395 e. The van der Waals surface area contributed by atoms with Crippen LogP contribution in [-0.2, 0) is 0 Å². The van der Waals surface area contributed by atoms with E-state index in [0.29, 0.717) is 11.6 Å². The molecule has 23 heavy (non-hydrogen) atoms. The Hall–Kier alpha value is -0.120. The fourth-order valence-electron chi connectivity index (χ4n) is 3.80. The van der Waals surface area contributed by atoms with E-state index in [1.807, 2.05) is 0 Å². The van der Waals surface area contributed by atoms with E-state index in [1.54, 1.807) is 0 Å². The number of nitrogens with zero attached hydrogens (tertiary/aromatic N) is 1. The van der Waals surface area contributed by atoms with Gasteiger partial charge in [-0.3, -0.25) is 4.90 Å². The van der Waals surface area contributed by atoms with Gasteiger partial charge >= 0.3 is 0 Å². The number of aliphatic hydroxyl groups excluding tert-OH is 1. The van der Waals surface area contributed by atoms with Gasteiger partial charge in [0.2, 0.25) is 0 Å². The van der Waals surface area contributed by atoms with Crippen LogP contribution in [0.5, 0.6) is 0 Å². The summed E-state index contributed by atoms with van der Waals surface area (Å²) < 4.78 is 0. The van der Waals surface area contributed by atoms with Gasteiger partial charge in [0.05, 0.1) is 6.61 Å². The maximum absolute atomic E-state index is 8.94. The number of unbranched alkanes of at least 4 members (excludes halogenated alkanes) is 7. The van der Waals surface area contributed by atoms with Gasteiger partial charge in [0.15, 0.2) is 0 Å². The highest BCUT2D eigenvalue weighted by Gasteiger charge is 2.39. The molecule has 0 aliphatic carbocycles. The Morgan fingerprint density at radius 1 is 0.913 bits per heavy atom. The monoisotopic (exact) mass is 326 g/mol. The summed E-state index contributed by atoms with van der Waals surface area (Å²) in [5, 5.41) is 12.4. The third-order valence-electron chi connectivity index (χ3n) is 5.58. The Kier molecular flexibility index (Phi) is 11.2. The maximum atomic E-state index is 8.94. The van der Waals surface area contributed by atoms with Crippen molar-refractivity contribution < 1.29 is 5.11 Å². The molecule has 1 unspecified atom stereocenters. The van der Waals surface area contributed by atoms with Gasteiger partial charge in [-0.25, -0.2) is 0 Å². The highest BCUT2D eigenvalue weighted by atomic mass is 16.3. The van der Waals surface area contributed by atoms with Crippen LogP contribution in [-0.4, -0.2) is 47.8 Å². The van der Waals surface area contributed by atoms with Gasteiger partial charge in [0.25, 0.3) is 0 Å². The molecular weight excluding hydrogens is 284 g/mol. The topological polar surface area (TPSA) is 35.5 Å². The van der Waals surface area contributed by atoms with Gasteiger partial charge < -0.3 is 10.4 Å². The van der Waals surface area contributed by atoms with Crippen LogP contribution in [0.4, 0.5) is 0 Å². The zero-order valence-corrected chi connectivity index (χ0v) is 16.1. The second-order valence-corrected chi connectivity index (χ2v) is 7.75. The van der Waals surface area contributed by atoms with E-state index in [4.69, 9.17) is 5.11 Å². The number of hydrogen-bond donors (Lipinski definition) is 2. The second kappa shape index (κ2) is 12.3. The molecule has 1 atom stereocenters. The number of rotatable bonds is 15. The lowest BCUT2D eigenvalue weighted by atomic mass is 9.83. The van der Waals surface area contributed by atoms with E-state index in [2.05, 4.69) is 31.0 Å². The number of hydrogen-bond acceptors (Lipinski definition) is 3. The van der Waals surface area contributed by atoms with E-state index in [9.17, 15) is 0 Å². The van der Waals surface area contributed by atoms with Crippen LogP contribution >= 0.6 is 0 Å². The van der Waals surface area contributed by atoms with E-state index in [-0.39, 0.29) is 6.61 Å². The summed E-state index contributed by atoms with van der Waals surface area (Å²) in [6, 6.07) is 0.595. The van der Waals surface area contributed by atoms with Crippen molar-refractivity contribution in [3.63, 3.8) is 0 Å². The van der Waals surface area contributed by atoms with Crippen molar-refractivity contribution in [1.82, 2.24) is 10.2 Å². The standard InChI is InChI=1S/C20H42N2O/c1-4-6-8-10-12-14-20(3,13-11-9-7-5-2)22-17-19(18-22)21-15-16-23/h19,21,23H,4-18H2,1-3H3. The molecule has 0 amide bonds. The maximum Gasteiger partial charge on any atom is 0.0556 e. The van der Waals surface area contributed by atoms with E-state index < -0.39 is 0 Å². The zero-order chi connectivity index (χ0) is 17.0. The molecule has 1 aliphatic heterocycles. The first-order valence-corrected chi connectivity index (χ1v) is 10.3. The Balaban J connectivity index is 2.35. The van der Waals surface area contributed by atoms with Crippen LogP contribution in [0, 0.1) is 0 Å². The van der Waals surface area contributed by atoms with Crippen LogP contribution in [0.15, 0.2) is 0 Å². The molecule has 3 nitrogen and oxygen atoms in total. The molecule has 0 bridgehead atoms. The molecule has 1 fully saturated rings. The van der Waals surface area contributed by atoms with Gasteiger partial charge in [-0.1, -0.05) is 71.6 Å². The quantitative estimate of drug-likeness (QED) is 0.439. The highest BCUT2D eigenvalue weighted by Crippen LogP contribution is 2.32. The molecule has 0 radical (unpaired) electrons. The predicted octanol–water partition coefficient (Wildman–Crippen LogP) is 4.34. The molecule has 2 N–H and O–H groups in total. The van der Waals surface area contributed by atoms with E-state index in [1.165, 1.54) is 83.7 Å². The summed E-state index contributed by atoms with van der Waals surface area (Å²) in [5.41, 5.74) is 0.400. The van der Waals surface area contributed by atoms with E-state index >= 15 is 0 Å². The number of aliphatic hydroxyl groups is 1.